The second kappa shape index (κ2) is 9.85. The van der Waals surface area contributed by atoms with Crippen molar-refractivity contribution in [2.24, 2.45) is 17.8 Å². The molecule has 7 nitrogen and oxygen atoms in total. The van der Waals surface area contributed by atoms with E-state index < -0.39 is 42.0 Å². The van der Waals surface area contributed by atoms with Crippen molar-refractivity contribution in [2.75, 3.05) is 11.9 Å². The Hall–Kier alpha value is -3.95. The first-order valence-corrected chi connectivity index (χ1v) is 13.9. The third-order valence-electron chi connectivity index (χ3n) is 9.51. The number of benzene rings is 1. The van der Waals surface area contributed by atoms with Gasteiger partial charge in [0.1, 0.15) is 18.4 Å². The Kier molecular flexibility index (Phi) is 6.54. The van der Waals surface area contributed by atoms with Crippen LogP contribution in [-0.4, -0.2) is 52.4 Å². The number of likely N-dealkylation sites (tertiary alicyclic amines) is 1. The minimum Gasteiger partial charge on any atom is -0.340 e. The molecule has 2 unspecified atom stereocenters. The highest BCUT2D eigenvalue weighted by molar-refractivity contribution is 6.06. The van der Waals surface area contributed by atoms with Crippen molar-refractivity contribution in [3.63, 3.8) is 0 Å². The first-order chi connectivity index (χ1) is 19.5. The van der Waals surface area contributed by atoms with E-state index in [4.69, 9.17) is 0 Å². The minimum absolute atomic E-state index is 0.0188. The summed E-state index contributed by atoms with van der Waals surface area (Å²) in [6, 6.07) is 11.0. The van der Waals surface area contributed by atoms with Gasteiger partial charge in [0.2, 0.25) is 11.8 Å². The Morgan fingerprint density at radius 3 is 2.63 bits per heavy atom. The van der Waals surface area contributed by atoms with Crippen LogP contribution in [0, 0.1) is 17.8 Å². The third-order valence-corrected chi connectivity index (χ3v) is 9.51. The second-order valence-electron chi connectivity index (χ2n) is 11.6. The number of halogens is 3. The fraction of sp³-hybridized carbons (Fsp3) is 0.419. The lowest BCUT2D eigenvalue weighted by molar-refractivity contribution is -0.171. The van der Waals surface area contributed by atoms with Crippen molar-refractivity contribution in [1.29, 1.82) is 0 Å². The summed E-state index contributed by atoms with van der Waals surface area (Å²) in [6.07, 6.45) is 3.23. The van der Waals surface area contributed by atoms with E-state index in [9.17, 15) is 27.6 Å². The van der Waals surface area contributed by atoms with Crippen molar-refractivity contribution in [2.45, 2.75) is 56.3 Å². The average Bonchev–Trinajstić information content (AvgIpc) is 3.40. The van der Waals surface area contributed by atoms with Gasteiger partial charge in [-0.1, -0.05) is 61.5 Å². The summed E-state index contributed by atoms with van der Waals surface area (Å²) in [5.41, 5.74) is 1.25. The summed E-state index contributed by atoms with van der Waals surface area (Å²) in [4.78, 5) is 45.1. The zero-order chi connectivity index (χ0) is 29.1. The van der Waals surface area contributed by atoms with E-state index in [1.54, 1.807) is 19.2 Å². The normalized spacial score (nSPS) is 32.4. The zero-order valence-electron chi connectivity index (χ0n) is 22.7. The van der Waals surface area contributed by atoms with Crippen LogP contribution in [0.4, 0.5) is 19.0 Å². The van der Waals surface area contributed by atoms with E-state index >= 15 is 0 Å². The van der Waals surface area contributed by atoms with Gasteiger partial charge in [0.25, 0.3) is 5.91 Å². The van der Waals surface area contributed by atoms with Crippen molar-refractivity contribution in [3.8, 4) is 0 Å². The topological polar surface area (TPSA) is 91.4 Å². The van der Waals surface area contributed by atoms with Crippen molar-refractivity contribution < 1.29 is 27.6 Å². The summed E-state index contributed by atoms with van der Waals surface area (Å²) in [5.74, 6) is -1.30. The molecular weight excluding hydrogens is 533 g/mol. The number of hydrogen-bond donors (Lipinski definition) is 2. The summed E-state index contributed by atoms with van der Waals surface area (Å²) in [7, 11) is 0. The molecule has 2 aliphatic carbocycles. The number of nitrogens with zero attached hydrogens (tertiary/aromatic N) is 2. The highest BCUT2D eigenvalue weighted by atomic mass is 19.4. The number of carbonyl (C=O) groups excluding carboxylic acids is 3. The van der Waals surface area contributed by atoms with Gasteiger partial charge in [0.05, 0.1) is 5.41 Å². The summed E-state index contributed by atoms with van der Waals surface area (Å²) < 4.78 is 40.4. The van der Waals surface area contributed by atoms with Gasteiger partial charge in [-0.3, -0.25) is 14.4 Å². The van der Waals surface area contributed by atoms with Crippen molar-refractivity contribution in [1.82, 2.24) is 15.2 Å². The van der Waals surface area contributed by atoms with E-state index in [1.165, 1.54) is 0 Å². The SMILES string of the molecule is C[C@@H]1[C@H](c2ccccc2)C[C@H](NC(=O)C2=CC3C[C@]4(C(=O)Nc5ncccc54)[C@@H](C)C3C=C2)C(=O)N1CC(F)(F)F. The number of allylic oxidation sites excluding steroid dienone is 2. The molecule has 41 heavy (non-hydrogen) atoms. The fourth-order valence-corrected chi connectivity index (χ4v) is 7.45. The quantitative estimate of drug-likeness (QED) is 0.573. The lowest BCUT2D eigenvalue weighted by Crippen LogP contribution is -2.59. The molecule has 3 heterocycles. The molecule has 1 saturated heterocycles. The minimum atomic E-state index is -4.57. The Balaban J connectivity index is 1.24. The Labute approximate surface area is 235 Å². The molecule has 7 atom stereocenters. The maximum Gasteiger partial charge on any atom is 0.406 e. The lowest BCUT2D eigenvalue weighted by atomic mass is 9.72. The van der Waals surface area contributed by atoms with Gasteiger partial charge < -0.3 is 15.5 Å². The standard InChI is InChI=1S/C31H31F3N4O3/c1-17-22-11-10-20(13-21(22)15-30(17)24-9-6-12-35-26(24)37-29(30)41)27(39)36-25-14-23(19-7-4-3-5-8-19)18(2)38(28(25)40)16-31(32,33)34/h3-13,17-18,21-23,25H,14-16H2,1-2H3,(H,36,39)(H,35,37,41)/t17-,18+,21?,22?,23+,25-,30-/m0/s1. The molecule has 1 saturated carbocycles. The molecule has 2 aromatic rings. The summed E-state index contributed by atoms with van der Waals surface area (Å²) in [6.45, 7) is 2.28. The fourth-order valence-electron chi connectivity index (χ4n) is 7.45. The van der Waals surface area contributed by atoms with Crippen LogP contribution in [0.25, 0.3) is 0 Å². The van der Waals surface area contributed by atoms with Crippen LogP contribution >= 0.6 is 0 Å². The smallest absolute Gasteiger partial charge is 0.340 e. The van der Waals surface area contributed by atoms with Crippen LogP contribution in [-0.2, 0) is 19.8 Å². The van der Waals surface area contributed by atoms with Crippen molar-refractivity contribution in [3.05, 3.63) is 83.6 Å². The number of anilines is 1. The first kappa shape index (κ1) is 27.2. The van der Waals surface area contributed by atoms with E-state index in [-0.39, 0.29) is 36.0 Å². The molecule has 4 aliphatic rings. The molecular formula is C31H31F3N4O3. The molecule has 0 bridgehead atoms. The Morgan fingerprint density at radius 1 is 1.15 bits per heavy atom. The maximum atomic E-state index is 13.5. The summed E-state index contributed by atoms with van der Waals surface area (Å²) >= 11 is 0. The maximum absolute atomic E-state index is 13.5. The monoisotopic (exact) mass is 564 g/mol. The number of piperidine rings is 1. The van der Waals surface area contributed by atoms with Gasteiger partial charge in [0, 0.05) is 29.3 Å². The van der Waals surface area contributed by atoms with Crippen LogP contribution < -0.4 is 10.6 Å². The number of fused-ring (bicyclic) bond motifs is 3. The molecule has 214 valence electrons. The Morgan fingerprint density at radius 2 is 1.90 bits per heavy atom. The van der Waals surface area contributed by atoms with Gasteiger partial charge in [-0.15, -0.1) is 0 Å². The predicted octanol–water partition coefficient (Wildman–Crippen LogP) is 4.49. The van der Waals surface area contributed by atoms with Gasteiger partial charge in [0.15, 0.2) is 0 Å². The molecule has 10 heteroatoms. The molecule has 1 spiro atoms. The van der Waals surface area contributed by atoms with Crippen LogP contribution in [0.2, 0.25) is 0 Å². The lowest BCUT2D eigenvalue weighted by Gasteiger charge is -2.43. The first-order valence-electron chi connectivity index (χ1n) is 13.9. The molecule has 2 aliphatic heterocycles. The van der Waals surface area contributed by atoms with Gasteiger partial charge >= 0.3 is 6.18 Å². The largest absolute Gasteiger partial charge is 0.406 e. The molecule has 1 aromatic carbocycles. The number of amides is 3. The van der Waals surface area contributed by atoms with Crippen molar-refractivity contribution >= 4 is 23.5 Å². The number of hydrogen-bond acceptors (Lipinski definition) is 4. The predicted molar refractivity (Wildman–Crippen MR) is 145 cm³/mol. The van der Waals surface area contributed by atoms with E-state index in [1.807, 2.05) is 61.5 Å². The molecule has 2 fully saturated rings. The second-order valence-corrected chi connectivity index (χ2v) is 11.6. The van der Waals surface area contributed by atoms with Crippen LogP contribution in [0.3, 0.4) is 0 Å². The van der Waals surface area contributed by atoms with E-state index in [2.05, 4.69) is 15.6 Å². The zero-order valence-corrected chi connectivity index (χ0v) is 22.7. The highest BCUT2D eigenvalue weighted by Crippen LogP contribution is 2.57. The third kappa shape index (κ3) is 4.53. The molecule has 0 radical (unpaired) electrons. The number of rotatable bonds is 4. The highest BCUT2D eigenvalue weighted by Gasteiger charge is 2.59. The van der Waals surface area contributed by atoms with Gasteiger partial charge in [-0.05, 0) is 49.1 Å². The molecule has 3 amide bonds. The number of carbonyl (C=O) groups is 3. The number of alkyl halides is 3. The molecule has 2 N–H and O–H groups in total. The molecule has 6 rings (SSSR count). The van der Waals surface area contributed by atoms with Crippen LogP contribution in [0.5, 0.6) is 0 Å². The van der Waals surface area contributed by atoms with E-state index in [0.717, 1.165) is 16.0 Å². The summed E-state index contributed by atoms with van der Waals surface area (Å²) in [5, 5.41) is 5.65. The number of pyridine rings is 1. The van der Waals surface area contributed by atoms with Gasteiger partial charge in [-0.25, -0.2) is 4.98 Å². The van der Waals surface area contributed by atoms with Crippen LogP contribution in [0.15, 0.2) is 72.5 Å². The van der Waals surface area contributed by atoms with Crippen LogP contribution in [0.1, 0.15) is 43.7 Å². The van der Waals surface area contributed by atoms with E-state index in [0.29, 0.717) is 17.8 Å². The number of aromatic nitrogens is 1. The molecule has 1 aromatic heterocycles. The Bertz CT molecular complexity index is 1460. The van der Waals surface area contributed by atoms with Gasteiger partial charge in [-0.2, -0.15) is 13.2 Å². The average molecular weight is 565 g/mol. The number of nitrogens with one attached hydrogen (secondary N) is 2.